The van der Waals surface area contributed by atoms with Gasteiger partial charge in [0, 0.05) is 5.56 Å². The van der Waals surface area contributed by atoms with E-state index in [1.165, 1.54) is 13.0 Å². The van der Waals surface area contributed by atoms with Gasteiger partial charge in [-0.2, -0.15) is 0 Å². The molecule has 1 atom stereocenters. The Hall–Kier alpha value is -2.04. The molecule has 0 bridgehead atoms. The van der Waals surface area contributed by atoms with E-state index in [-0.39, 0.29) is 11.3 Å². The van der Waals surface area contributed by atoms with Crippen LogP contribution < -0.4 is 11.1 Å². The van der Waals surface area contributed by atoms with Crippen molar-refractivity contribution in [3.05, 3.63) is 29.3 Å². The van der Waals surface area contributed by atoms with Gasteiger partial charge in [0.25, 0.3) is 5.91 Å². The molecule has 1 aromatic rings. The van der Waals surface area contributed by atoms with Gasteiger partial charge >= 0.3 is 0 Å². The lowest BCUT2D eigenvalue weighted by atomic mass is 10.1. The normalized spacial score (nSPS) is 11.9. The molecule has 0 radical (unpaired) electrons. The SMILES string of the molecule is Cc1ccc(C(=O)NC(C)C(N)=O)cc1O. The highest BCUT2D eigenvalue weighted by molar-refractivity contribution is 5.97. The molecule has 1 unspecified atom stereocenters. The van der Waals surface area contributed by atoms with E-state index in [9.17, 15) is 14.7 Å². The largest absolute Gasteiger partial charge is 0.508 e. The Morgan fingerprint density at radius 1 is 1.44 bits per heavy atom. The minimum atomic E-state index is -0.740. The molecule has 5 heteroatoms. The average molecular weight is 222 g/mol. The number of aromatic hydroxyl groups is 1. The van der Waals surface area contributed by atoms with Crippen molar-refractivity contribution in [2.24, 2.45) is 5.73 Å². The van der Waals surface area contributed by atoms with Crippen molar-refractivity contribution >= 4 is 11.8 Å². The van der Waals surface area contributed by atoms with Crippen molar-refractivity contribution in [3.8, 4) is 5.75 Å². The molecule has 0 heterocycles. The number of carbonyl (C=O) groups is 2. The Balaban J connectivity index is 2.81. The van der Waals surface area contributed by atoms with Gasteiger partial charge in [0.15, 0.2) is 0 Å². The Labute approximate surface area is 93.3 Å². The fourth-order valence-electron chi connectivity index (χ4n) is 1.10. The van der Waals surface area contributed by atoms with E-state index in [0.29, 0.717) is 5.56 Å². The van der Waals surface area contributed by atoms with E-state index >= 15 is 0 Å². The lowest BCUT2D eigenvalue weighted by Gasteiger charge is -2.10. The van der Waals surface area contributed by atoms with E-state index in [1.807, 2.05) is 0 Å². The summed E-state index contributed by atoms with van der Waals surface area (Å²) in [7, 11) is 0. The Bertz CT molecular complexity index is 429. The van der Waals surface area contributed by atoms with Crippen LogP contribution in [0.1, 0.15) is 22.8 Å². The highest BCUT2D eigenvalue weighted by atomic mass is 16.3. The number of phenolic OH excluding ortho intramolecular Hbond substituents is 1. The molecule has 0 saturated heterocycles. The van der Waals surface area contributed by atoms with Crippen LogP contribution in [0, 0.1) is 6.92 Å². The van der Waals surface area contributed by atoms with Crippen molar-refractivity contribution in [2.75, 3.05) is 0 Å². The third-order valence-electron chi connectivity index (χ3n) is 2.25. The number of nitrogens with two attached hydrogens (primary N) is 1. The lowest BCUT2D eigenvalue weighted by Crippen LogP contribution is -2.42. The maximum atomic E-state index is 11.6. The predicted octanol–water partition coefficient (Wildman–Crippen LogP) is 0.304. The number of rotatable bonds is 3. The van der Waals surface area contributed by atoms with Crippen LogP contribution in [0.2, 0.25) is 0 Å². The maximum absolute atomic E-state index is 11.6. The fourth-order valence-corrected chi connectivity index (χ4v) is 1.10. The van der Waals surface area contributed by atoms with Crippen molar-refractivity contribution in [3.63, 3.8) is 0 Å². The van der Waals surface area contributed by atoms with Gasteiger partial charge in [0.2, 0.25) is 5.91 Å². The van der Waals surface area contributed by atoms with Crippen molar-refractivity contribution in [2.45, 2.75) is 19.9 Å². The number of nitrogens with one attached hydrogen (secondary N) is 1. The topological polar surface area (TPSA) is 92.4 Å². The first-order valence-corrected chi connectivity index (χ1v) is 4.81. The molecule has 5 nitrogen and oxygen atoms in total. The number of carbonyl (C=O) groups excluding carboxylic acids is 2. The second kappa shape index (κ2) is 4.65. The van der Waals surface area contributed by atoms with Gasteiger partial charge in [-0.3, -0.25) is 9.59 Å². The Morgan fingerprint density at radius 3 is 2.56 bits per heavy atom. The first kappa shape index (κ1) is 12.0. The van der Waals surface area contributed by atoms with Crippen molar-refractivity contribution in [1.29, 1.82) is 0 Å². The van der Waals surface area contributed by atoms with Crippen molar-refractivity contribution in [1.82, 2.24) is 5.32 Å². The molecule has 16 heavy (non-hydrogen) atoms. The molecule has 0 saturated carbocycles. The molecule has 0 aliphatic carbocycles. The van der Waals surface area contributed by atoms with Gasteiger partial charge in [-0.1, -0.05) is 6.07 Å². The third kappa shape index (κ3) is 2.73. The number of aryl methyl sites for hydroxylation is 1. The summed E-state index contributed by atoms with van der Waals surface area (Å²) in [5, 5.41) is 11.8. The first-order valence-electron chi connectivity index (χ1n) is 4.81. The van der Waals surface area contributed by atoms with E-state index in [0.717, 1.165) is 0 Å². The van der Waals surface area contributed by atoms with Gasteiger partial charge in [-0.05, 0) is 31.5 Å². The molecule has 0 aliphatic rings. The molecule has 0 aliphatic heterocycles. The molecule has 0 spiro atoms. The van der Waals surface area contributed by atoms with E-state index < -0.39 is 17.9 Å². The molecule has 0 fully saturated rings. The van der Waals surface area contributed by atoms with Crippen LogP contribution in [0.3, 0.4) is 0 Å². The zero-order chi connectivity index (χ0) is 12.3. The highest BCUT2D eigenvalue weighted by Gasteiger charge is 2.14. The van der Waals surface area contributed by atoms with Crippen LogP contribution in [-0.2, 0) is 4.79 Å². The first-order chi connectivity index (χ1) is 7.41. The Kier molecular flexibility index (Phi) is 3.50. The van der Waals surface area contributed by atoms with Crippen LogP contribution in [0.4, 0.5) is 0 Å². The van der Waals surface area contributed by atoms with Crippen LogP contribution >= 0.6 is 0 Å². The minimum absolute atomic E-state index is 0.0411. The third-order valence-corrected chi connectivity index (χ3v) is 2.25. The molecular weight excluding hydrogens is 208 g/mol. The van der Waals surface area contributed by atoms with Crippen LogP contribution in [0.15, 0.2) is 18.2 Å². The zero-order valence-electron chi connectivity index (χ0n) is 9.15. The summed E-state index contributed by atoms with van der Waals surface area (Å²) in [5.41, 5.74) is 5.98. The van der Waals surface area contributed by atoms with Crippen LogP contribution in [0.25, 0.3) is 0 Å². The molecule has 4 N–H and O–H groups in total. The summed E-state index contributed by atoms with van der Waals surface area (Å²) in [6, 6.07) is 3.80. The van der Waals surface area contributed by atoms with Gasteiger partial charge in [0.05, 0.1) is 0 Å². The predicted molar refractivity (Wildman–Crippen MR) is 59.0 cm³/mol. The van der Waals surface area contributed by atoms with E-state index in [4.69, 9.17) is 5.73 Å². The fraction of sp³-hybridized carbons (Fsp3) is 0.273. The quantitative estimate of drug-likeness (QED) is 0.687. The number of primary amides is 1. The lowest BCUT2D eigenvalue weighted by molar-refractivity contribution is -0.119. The number of phenols is 1. The molecule has 1 aromatic carbocycles. The smallest absolute Gasteiger partial charge is 0.252 e. The number of hydrogen-bond donors (Lipinski definition) is 3. The summed E-state index contributed by atoms with van der Waals surface area (Å²) in [5.74, 6) is -1.01. The molecule has 2 amide bonds. The Morgan fingerprint density at radius 2 is 2.06 bits per heavy atom. The summed E-state index contributed by atoms with van der Waals surface area (Å²) < 4.78 is 0. The van der Waals surface area contributed by atoms with Gasteiger partial charge < -0.3 is 16.2 Å². The number of amides is 2. The average Bonchev–Trinajstić information content (AvgIpc) is 2.21. The molecule has 0 aromatic heterocycles. The van der Waals surface area contributed by atoms with E-state index in [1.54, 1.807) is 19.1 Å². The van der Waals surface area contributed by atoms with Gasteiger partial charge in [-0.25, -0.2) is 0 Å². The van der Waals surface area contributed by atoms with E-state index in [2.05, 4.69) is 5.32 Å². The summed E-state index contributed by atoms with van der Waals surface area (Å²) >= 11 is 0. The van der Waals surface area contributed by atoms with Crippen molar-refractivity contribution < 1.29 is 14.7 Å². The van der Waals surface area contributed by atoms with Gasteiger partial charge in [-0.15, -0.1) is 0 Å². The molecular formula is C11H14N2O3. The van der Waals surface area contributed by atoms with Crippen LogP contribution in [-0.4, -0.2) is 23.0 Å². The number of hydrogen-bond acceptors (Lipinski definition) is 3. The monoisotopic (exact) mass is 222 g/mol. The number of benzene rings is 1. The molecule has 86 valence electrons. The second-order valence-corrected chi connectivity index (χ2v) is 3.60. The summed E-state index contributed by atoms with van der Waals surface area (Å²) in [4.78, 5) is 22.3. The highest BCUT2D eigenvalue weighted by Crippen LogP contribution is 2.17. The zero-order valence-corrected chi connectivity index (χ0v) is 9.15. The summed E-state index contributed by atoms with van der Waals surface area (Å²) in [6.45, 7) is 3.22. The second-order valence-electron chi connectivity index (χ2n) is 3.60. The summed E-state index contributed by atoms with van der Waals surface area (Å²) in [6.07, 6.45) is 0. The minimum Gasteiger partial charge on any atom is -0.508 e. The molecule has 1 rings (SSSR count). The standard InChI is InChI=1S/C11H14N2O3/c1-6-3-4-8(5-9(6)14)11(16)13-7(2)10(12)15/h3-5,7,14H,1-2H3,(H2,12,15)(H,13,16). The van der Waals surface area contributed by atoms with Gasteiger partial charge in [0.1, 0.15) is 11.8 Å². The van der Waals surface area contributed by atoms with Crippen LogP contribution in [0.5, 0.6) is 5.75 Å². The maximum Gasteiger partial charge on any atom is 0.252 e.